The molecule has 1 unspecified atom stereocenters. The van der Waals surface area contributed by atoms with Gasteiger partial charge in [0, 0.05) is 16.2 Å². The van der Waals surface area contributed by atoms with Gasteiger partial charge < -0.3 is 0 Å². The van der Waals surface area contributed by atoms with Crippen molar-refractivity contribution in [2.24, 2.45) is 0 Å². The Morgan fingerprint density at radius 1 is 0.815 bits per heavy atom. The zero-order chi connectivity index (χ0) is 20.1. The van der Waals surface area contributed by atoms with Crippen molar-refractivity contribution in [3.05, 3.63) is 102 Å². The van der Waals surface area contributed by atoms with Gasteiger partial charge in [-0.15, -0.1) is 0 Å². The van der Waals surface area contributed by atoms with Gasteiger partial charge in [0.1, 0.15) is 0 Å². The van der Waals surface area contributed by atoms with Gasteiger partial charge in [0.25, 0.3) is 0 Å². The lowest BCUT2D eigenvalue weighted by atomic mass is 10.2. The number of aryl methyl sites for hydroxylation is 1. The highest BCUT2D eigenvalue weighted by Gasteiger charge is 2.01. The van der Waals surface area contributed by atoms with Crippen LogP contribution in [0.2, 0.25) is 0 Å². The second kappa shape index (κ2) is 11.9. The molecule has 142 valence electrons. The third kappa shape index (κ3) is 9.02. The number of hydrogen-bond donors (Lipinski definition) is 0. The molecule has 0 saturated heterocycles. The van der Waals surface area contributed by atoms with E-state index in [0.717, 1.165) is 10.5 Å². The maximum absolute atomic E-state index is 11.6. The minimum absolute atomic E-state index is 0.121. The van der Waals surface area contributed by atoms with Crippen LogP contribution in [0.5, 0.6) is 0 Å². The van der Waals surface area contributed by atoms with Crippen LogP contribution in [0.25, 0.3) is 0 Å². The average molecular weight is 381 g/mol. The summed E-state index contributed by atoms with van der Waals surface area (Å²) in [7, 11) is -2.00. The summed E-state index contributed by atoms with van der Waals surface area (Å²) in [6, 6.07) is 28.9. The van der Waals surface area contributed by atoms with Gasteiger partial charge in [-0.3, -0.25) is 9.00 Å². The normalized spacial score (nSPS) is 11.7. The van der Waals surface area contributed by atoms with Crippen molar-refractivity contribution in [1.82, 2.24) is 0 Å². The molecule has 1 atom stereocenters. The van der Waals surface area contributed by atoms with Crippen LogP contribution < -0.4 is 0 Å². The molecule has 0 aliphatic rings. The van der Waals surface area contributed by atoms with Crippen LogP contribution in [0.1, 0.15) is 29.8 Å². The number of hydrogen-bond acceptors (Lipinski definition) is 2. The zero-order valence-corrected chi connectivity index (χ0v) is 17.1. The number of carbonyl (C=O) groups is 1. The van der Waals surface area contributed by atoms with Gasteiger partial charge in [-0.2, -0.15) is 0 Å². The molecule has 0 aliphatic heterocycles. The average Bonchev–Trinajstić information content (AvgIpc) is 2.71. The van der Waals surface area contributed by atoms with Gasteiger partial charge in [0.15, 0.2) is 5.78 Å². The molecule has 27 heavy (non-hydrogen) atoms. The van der Waals surface area contributed by atoms with Crippen molar-refractivity contribution in [1.29, 1.82) is 0 Å². The summed E-state index contributed by atoms with van der Waals surface area (Å²) in [6.07, 6.45) is 0. The van der Waals surface area contributed by atoms with Gasteiger partial charge in [-0.25, -0.2) is 0 Å². The standard InChI is InChI=1S/C9H12OS.C8H8O.C7H8/c1-3-11(2,10)9-7-5-4-6-8-9;1-7(9)8-5-3-2-4-6-8;1-7-5-3-2-4-6-7/h4-8H,2-3H2,1H3;2-6H,1H3;2-6H,1H3. The predicted octanol–water partition coefficient (Wildman–Crippen LogP) is 5.67. The summed E-state index contributed by atoms with van der Waals surface area (Å²) in [5.41, 5.74) is 2.10. The lowest BCUT2D eigenvalue weighted by Crippen LogP contribution is -2.02. The molecule has 0 heterocycles. The van der Waals surface area contributed by atoms with Crippen LogP contribution in [-0.4, -0.2) is 21.6 Å². The minimum atomic E-state index is -2.00. The molecular formula is C24H28O2S. The van der Waals surface area contributed by atoms with Gasteiger partial charge in [0.05, 0.1) is 0 Å². The van der Waals surface area contributed by atoms with Crippen LogP contribution in [0.4, 0.5) is 0 Å². The second-order valence-corrected chi connectivity index (χ2v) is 8.66. The summed E-state index contributed by atoms with van der Waals surface area (Å²) in [5.74, 6) is 4.42. The fourth-order valence-corrected chi connectivity index (χ4v) is 3.03. The van der Waals surface area contributed by atoms with Crippen molar-refractivity contribution in [2.75, 3.05) is 5.75 Å². The maximum atomic E-state index is 11.6. The van der Waals surface area contributed by atoms with Crippen molar-refractivity contribution < 1.29 is 9.00 Å². The Morgan fingerprint density at radius 3 is 1.52 bits per heavy atom. The number of rotatable bonds is 3. The van der Waals surface area contributed by atoms with Crippen LogP contribution in [0.3, 0.4) is 0 Å². The van der Waals surface area contributed by atoms with Crippen LogP contribution in [-0.2, 0) is 9.52 Å². The van der Waals surface area contributed by atoms with Crippen molar-refractivity contribution in [3.8, 4) is 0 Å². The maximum Gasteiger partial charge on any atom is 0.159 e. The summed E-state index contributed by atoms with van der Waals surface area (Å²) in [5, 5.41) is 0. The Hall–Kier alpha value is -2.65. The Labute approximate surface area is 163 Å². The van der Waals surface area contributed by atoms with Crippen molar-refractivity contribution in [2.45, 2.75) is 25.7 Å². The molecule has 0 radical (unpaired) electrons. The largest absolute Gasteiger partial charge is 0.295 e. The van der Waals surface area contributed by atoms with E-state index in [-0.39, 0.29) is 5.78 Å². The third-order valence-corrected chi connectivity index (χ3v) is 5.82. The van der Waals surface area contributed by atoms with Gasteiger partial charge >= 0.3 is 0 Å². The lowest BCUT2D eigenvalue weighted by molar-refractivity contribution is 0.101. The fraction of sp³-hybridized carbons (Fsp3) is 0.167. The van der Waals surface area contributed by atoms with Crippen LogP contribution in [0, 0.1) is 6.92 Å². The molecule has 0 N–H and O–H groups in total. The van der Waals surface area contributed by atoms with E-state index in [4.69, 9.17) is 0 Å². The van der Waals surface area contributed by atoms with E-state index in [1.807, 2.05) is 85.8 Å². The minimum Gasteiger partial charge on any atom is -0.295 e. The topological polar surface area (TPSA) is 34.1 Å². The molecule has 3 rings (SSSR count). The molecular weight excluding hydrogens is 352 g/mol. The molecule has 0 aromatic heterocycles. The van der Waals surface area contributed by atoms with Gasteiger partial charge in [-0.1, -0.05) is 91.3 Å². The predicted molar refractivity (Wildman–Crippen MR) is 118 cm³/mol. The summed E-state index contributed by atoms with van der Waals surface area (Å²) >= 11 is 0. The molecule has 0 bridgehead atoms. The van der Waals surface area contributed by atoms with E-state index in [1.54, 1.807) is 6.92 Å². The van der Waals surface area contributed by atoms with Crippen LogP contribution >= 0.6 is 0 Å². The molecule has 0 aliphatic carbocycles. The number of ketones is 1. The van der Waals surface area contributed by atoms with Crippen molar-refractivity contribution >= 4 is 21.2 Å². The smallest absolute Gasteiger partial charge is 0.159 e. The molecule has 2 nitrogen and oxygen atoms in total. The summed E-state index contributed by atoms with van der Waals surface area (Å²) in [4.78, 5) is 11.5. The molecule has 3 aromatic rings. The zero-order valence-electron chi connectivity index (χ0n) is 16.3. The first-order chi connectivity index (χ1) is 12.9. The molecule has 0 saturated carbocycles. The summed E-state index contributed by atoms with van der Waals surface area (Å²) in [6.45, 7) is 5.54. The first-order valence-electron chi connectivity index (χ1n) is 8.84. The first kappa shape index (κ1) is 22.4. The van der Waals surface area contributed by atoms with E-state index >= 15 is 0 Å². The van der Waals surface area contributed by atoms with Gasteiger partial charge in [-0.05, 0) is 41.4 Å². The van der Waals surface area contributed by atoms with Gasteiger partial charge in [0.2, 0.25) is 0 Å². The molecule has 3 aromatic carbocycles. The highest BCUT2D eigenvalue weighted by molar-refractivity contribution is 8.00. The fourth-order valence-electron chi connectivity index (χ4n) is 2.04. The van der Waals surface area contributed by atoms with E-state index in [9.17, 15) is 9.00 Å². The molecule has 0 fully saturated rings. The van der Waals surface area contributed by atoms with Crippen LogP contribution in [0.15, 0.2) is 95.9 Å². The summed E-state index contributed by atoms with van der Waals surface area (Å²) < 4.78 is 11.6. The third-order valence-electron chi connectivity index (χ3n) is 3.76. The molecule has 0 amide bonds. The van der Waals surface area contributed by atoms with Crippen molar-refractivity contribution in [3.63, 3.8) is 0 Å². The number of carbonyl (C=O) groups excluding carboxylic acids is 1. The Bertz CT molecular complexity index is 885. The first-order valence-corrected chi connectivity index (χ1v) is 10.7. The van der Waals surface area contributed by atoms with E-state index < -0.39 is 9.52 Å². The van der Waals surface area contributed by atoms with E-state index in [1.165, 1.54) is 5.56 Å². The Kier molecular flexibility index (Phi) is 9.84. The van der Waals surface area contributed by atoms with E-state index in [2.05, 4.69) is 24.9 Å². The second-order valence-electron chi connectivity index (χ2n) is 5.99. The molecule has 3 heteroatoms. The highest BCUT2D eigenvalue weighted by Crippen LogP contribution is 2.08. The lowest BCUT2D eigenvalue weighted by Gasteiger charge is -2.04. The number of Topliss-reactive ketones (excluding diaryl/α,β-unsaturated/α-hetero) is 1. The molecule has 0 spiro atoms. The SMILES string of the molecule is C=S(=O)(CC)c1ccccc1.CC(=O)c1ccccc1.Cc1ccccc1. The Morgan fingerprint density at radius 2 is 1.22 bits per heavy atom. The van der Waals surface area contributed by atoms with E-state index in [0.29, 0.717) is 5.75 Å². The highest BCUT2D eigenvalue weighted by atomic mass is 32.2. The monoisotopic (exact) mass is 380 g/mol. The number of benzene rings is 3. The quantitative estimate of drug-likeness (QED) is 0.433. The Balaban J connectivity index is 0.000000208.